The molecule has 0 saturated heterocycles. The summed E-state index contributed by atoms with van der Waals surface area (Å²) in [6.07, 6.45) is 14.9. The Kier molecular flexibility index (Phi) is 16.2. The van der Waals surface area contributed by atoms with E-state index in [0.717, 1.165) is 18.1 Å². The van der Waals surface area contributed by atoms with Crippen molar-refractivity contribution in [2.24, 2.45) is 17.8 Å². The van der Waals surface area contributed by atoms with Gasteiger partial charge in [-0.15, -0.1) is 0 Å². The van der Waals surface area contributed by atoms with Crippen LogP contribution in [0.4, 0.5) is 4.11 Å². The second kappa shape index (κ2) is 16.1. The normalized spacial score (nSPS) is 17.7. The van der Waals surface area contributed by atoms with E-state index in [1.807, 2.05) is 0 Å². The first-order chi connectivity index (χ1) is 12.5. The molecule has 0 bridgehead atoms. The third-order valence-corrected chi connectivity index (χ3v) is 10.5. The van der Waals surface area contributed by atoms with Crippen molar-refractivity contribution in [1.29, 1.82) is 0 Å². The van der Waals surface area contributed by atoms with E-state index in [1.54, 1.807) is 0 Å². The minimum atomic E-state index is -2.65. The molecule has 0 fully saturated rings. The molecule has 2 heteroatoms. The molecule has 3 atom stereocenters. The molecule has 3 unspecified atom stereocenters. The molecular formula is C24H51FSi. The van der Waals surface area contributed by atoms with Crippen LogP contribution in [-0.2, 0) is 0 Å². The predicted molar refractivity (Wildman–Crippen MR) is 121 cm³/mol. The predicted octanol–water partition coefficient (Wildman–Crippen LogP) is 9.55. The molecule has 0 aromatic heterocycles. The number of hydrogen-bond donors (Lipinski definition) is 0. The summed E-state index contributed by atoms with van der Waals surface area (Å²) in [5, 5.41) is 0. The Bertz CT molecular complexity index is 259. The van der Waals surface area contributed by atoms with E-state index >= 15 is 4.11 Å². The van der Waals surface area contributed by atoms with E-state index in [0.29, 0.717) is 17.8 Å². The van der Waals surface area contributed by atoms with Crippen molar-refractivity contribution in [2.75, 3.05) is 0 Å². The van der Waals surface area contributed by atoms with Crippen LogP contribution in [-0.4, -0.2) is 8.41 Å². The van der Waals surface area contributed by atoms with Gasteiger partial charge < -0.3 is 4.11 Å². The Labute approximate surface area is 167 Å². The lowest BCUT2D eigenvalue weighted by Gasteiger charge is -2.33. The highest BCUT2D eigenvalue weighted by Crippen LogP contribution is 2.39. The van der Waals surface area contributed by atoms with Gasteiger partial charge in [-0.2, -0.15) is 0 Å². The largest absolute Gasteiger partial charge is 0.314 e. The van der Waals surface area contributed by atoms with E-state index < -0.39 is 8.41 Å². The summed E-state index contributed by atoms with van der Waals surface area (Å²) < 4.78 is 16.5. The zero-order chi connectivity index (χ0) is 19.8. The van der Waals surface area contributed by atoms with Crippen LogP contribution in [0, 0.1) is 17.8 Å². The second-order valence-corrected chi connectivity index (χ2v) is 12.5. The van der Waals surface area contributed by atoms with Gasteiger partial charge in [-0.05, 0) is 35.9 Å². The molecule has 0 radical (unpaired) electrons. The molecule has 0 saturated carbocycles. The van der Waals surface area contributed by atoms with Crippen molar-refractivity contribution in [1.82, 2.24) is 0 Å². The van der Waals surface area contributed by atoms with Gasteiger partial charge in [0, 0.05) is 0 Å². The molecule has 0 N–H and O–H groups in total. The van der Waals surface area contributed by atoms with Gasteiger partial charge in [-0.25, -0.2) is 0 Å². The Hall–Kier alpha value is 0.147. The lowest BCUT2D eigenvalue weighted by molar-refractivity contribution is 0.424. The van der Waals surface area contributed by atoms with E-state index in [2.05, 4.69) is 41.5 Å². The van der Waals surface area contributed by atoms with Crippen LogP contribution >= 0.6 is 0 Å². The fourth-order valence-corrected chi connectivity index (χ4v) is 9.71. The maximum absolute atomic E-state index is 16.5. The first kappa shape index (κ1) is 26.1. The molecule has 0 aliphatic carbocycles. The number of unbranched alkanes of at least 4 members (excludes halogenated alkanes) is 3. The monoisotopic (exact) mass is 386 g/mol. The maximum Gasteiger partial charge on any atom is 0.247 e. The summed E-state index contributed by atoms with van der Waals surface area (Å²) in [5.41, 5.74) is 0. The van der Waals surface area contributed by atoms with Crippen LogP contribution in [0.5, 0.6) is 0 Å². The summed E-state index contributed by atoms with van der Waals surface area (Å²) in [6.45, 7) is 13.7. The average molecular weight is 387 g/mol. The van der Waals surface area contributed by atoms with Crippen molar-refractivity contribution < 1.29 is 4.11 Å². The van der Waals surface area contributed by atoms with Gasteiger partial charge in [0.1, 0.15) is 0 Å². The minimum absolute atomic E-state index is 0.638. The van der Waals surface area contributed by atoms with Gasteiger partial charge in [0.15, 0.2) is 0 Å². The van der Waals surface area contributed by atoms with E-state index in [-0.39, 0.29) is 0 Å². The van der Waals surface area contributed by atoms with Crippen molar-refractivity contribution in [3.63, 3.8) is 0 Å². The Morgan fingerprint density at radius 1 is 0.538 bits per heavy atom. The third-order valence-electron chi connectivity index (χ3n) is 6.59. The molecule has 0 nitrogen and oxygen atoms in total. The molecule has 0 amide bonds. The zero-order valence-electron chi connectivity index (χ0n) is 19.2. The van der Waals surface area contributed by atoms with E-state index in [4.69, 9.17) is 0 Å². The first-order valence-electron chi connectivity index (χ1n) is 12.2. The maximum atomic E-state index is 16.5. The molecule has 0 rings (SSSR count). The van der Waals surface area contributed by atoms with Crippen molar-refractivity contribution in [3.8, 4) is 0 Å². The molecule has 158 valence electrons. The van der Waals surface area contributed by atoms with Crippen LogP contribution < -0.4 is 0 Å². The Balaban J connectivity index is 5.12. The fraction of sp³-hybridized carbons (Fsp3) is 1.00. The topological polar surface area (TPSA) is 0 Å². The van der Waals surface area contributed by atoms with Crippen LogP contribution in [0.3, 0.4) is 0 Å². The minimum Gasteiger partial charge on any atom is -0.314 e. The fourth-order valence-electron chi connectivity index (χ4n) is 4.63. The number of hydrogen-bond acceptors (Lipinski definition) is 0. The number of rotatable bonds is 18. The van der Waals surface area contributed by atoms with Gasteiger partial charge in [0.05, 0.1) is 0 Å². The first-order valence-corrected chi connectivity index (χ1v) is 14.7. The molecule has 0 aromatic rings. The lowest BCUT2D eigenvalue weighted by atomic mass is 10.0. The van der Waals surface area contributed by atoms with Gasteiger partial charge >= 0.3 is 0 Å². The summed E-state index contributed by atoms with van der Waals surface area (Å²) in [5.74, 6) is 1.91. The molecule has 0 spiro atoms. The van der Waals surface area contributed by atoms with Crippen molar-refractivity contribution >= 4 is 8.41 Å². The molecule has 0 aromatic carbocycles. The Morgan fingerprint density at radius 3 is 1.00 bits per heavy atom. The highest BCUT2D eigenvalue weighted by Gasteiger charge is 2.39. The summed E-state index contributed by atoms with van der Waals surface area (Å²) >= 11 is 0. The quantitative estimate of drug-likeness (QED) is 0.162. The van der Waals surface area contributed by atoms with Crippen LogP contribution in [0.15, 0.2) is 0 Å². The van der Waals surface area contributed by atoms with E-state index in [9.17, 15) is 0 Å². The van der Waals surface area contributed by atoms with Gasteiger partial charge in [-0.3, -0.25) is 0 Å². The molecule has 0 aliphatic heterocycles. The van der Waals surface area contributed by atoms with Gasteiger partial charge in [0.25, 0.3) is 0 Å². The molecule has 0 heterocycles. The smallest absolute Gasteiger partial charge is 0.247 e. The standard InChI is InChI=1S/C24H51FSi/c1-7-13-16-22(10-4)19-26(25,20-23(11-5)17-14-8-2)21-24(12-6)18-15-9-3/h22-24H,7-21H2,1-6H3. The zero-order valence-corrected chi connectivity index (χ0v) is 20.2. The molecule has 0 aliphatic rings. The number of halogens is 1. The van der Waals surface area contributed by atoms with Gasteiger partial charge in [-0.1, -0.05) is 119 Å². The molecular weight excluding hydrogens is 335 g/mol. The molecule has 26 heavy (non-hydrogen) atoms. The van der Waals surface area contributed by atoms with E-state index in [1.165, 1.54) is 77.0 Å². The average Bonchev–Trinajstić information content (AvgIpc) is 2.65. The van der Waals surface area contributed by atoms with Crippen LogP contribution in [0.1, 0.15) is 119 Å². The Morgan fingerprint density at radius 2 is 0.808 bits per heavy atom. The van der Waals surface area contributed by atoms with Crippen LogP contribution in [0.25, 0.3) is 0 Å². The highest BCUT2D eigenvalue weighted by atomic mass is 28.4. The highest BCUT2D eigenvalue weighted by molar-refractivity contribution is 6.73. The SMILES string of the molecule is CCCCC(CC)C[Si](F)(CC(CC)CCCC)CC(CC)CCCC. The lowest BCUT2D eigenvalue weighted by Crippen LogP contribution is -2.36. The summed E-state index contributed by atoms with van der Waals surface area (Å²) in [7, 11) is -2.65. The third kappa shape index (κ3) is 11.8. The van der Waals surface area contributed by atoms with Crippen molar-refractivity contribution in [3.05, 3.63) is 0 Å². The van der Waals surface area contributed by atoms with Crippen molar-refractivity contribution in [2.45, 2.75) is 137 Å². The van der Waals surface area contributed by atoms with Gasteiger partial charge in [0.2, 0.25) is 8.41 Å². The van der Waals surface area contributed by atoms with Crippen LogP contribution in [0.2, 0.25) is 18.1 Å². The summed E-state index contributed by atoms with van der Waals surface area (Å²) in [6, 6.07) is 2.86. The second-order valence-electron chi connectivity index (χ2n) is 9.01. The summed E-state index contributed by atoms with van der Waals surface area (Å²) in [4.78, 5) is 0.